The van der Waals surface area contributed by atoms with E-state index in [2.05, 4.69) is 10.3 Å². The van der Waals surface area contributed by atoms with Gasteiger partial charge in [-0.1, -0.05) is 17.7 Å². The minimum Gasteiger partial charge on any atom is -0.487 e. The first-order valence-corrected chi connectivity index (χ1v) is 9.58. The van der Waals surface area contributed by atoms with Crippen LogP contribution in [0.25, 0.3) is 11.1 Å². The maximum absolute atomic E-state index is 11.9. The summed E-state index contributed by atoms with van der Waals surface area (Å²) in [5.41, 5.74) is 4.11. The third-order valence-corrected chi connectivity index (χ3v) is 4.83. The smallest absolute Gasteiger partial charge is 0.269 e. The third kappa shape index (κ3) is 4.84. The monoisotopic (exact) mass is 411 g/mol. The second-order valence-corrected chi connectivity index (χ2v) is 7.01. The molecule has 0 saturated heterocycles. The van der Waals surface area contributed by atoms with Gasteiger partial charge < -0.3 is 19.4 Å². The number of benzene rings is 1. The molecule has 0 bridgehead atoms. The number of aryl methyl sites for hydroxylation is 2. The molecule has 2 heterocycles. The first kappa shape index (κ1) is 20.6. The fourth-order valence-electron chi connectivity index (χ4n) is 3.12. The zero-order chi connectivity index (χ0) is 20.8. The molecule has 6 nitrogen and oxygen atoms in total. The van der Waals surface area contributed by atoms with Gasteiger partial charge >= 0.3 is 0 Å². The van der Waals surface area contributed by atoms with Gasteiger partial charge in [0, 0.05) is 44.7 Å². The maximum atomic E-state index is 11.9. The minimum absolute atomic E-state index is 0.148. The molecule has 1 N–H and O–H groups in total. The molecule has 7 heteroatoms. The van der Waals surface area contributed by atoms with Gasteiger partial charge in [0.05, 0.1) is 5.69 Å². The number of nitrogens with one attached hydrogen (secondary N) is 1. The highest BCUT2D eigenvalue weighted by Gasteiger charge is 2.14. The Morgan fingerprint density at radius 1 is 1.28 bits per heavy atom. The number of anilines is 1. The van der Waals surface area contributed by atoms with Gasteiger partial charge in [-0.15, -0.1) is 0 Å². The Balaban J connectivity index is 2.06. The first-order chi connectivity index (χ1) is 14.0. The quantitative estimate of drug-likeness (QED) is 0.570. The SMILES string of the molecule is CNc1c(CCC=O)cc(-c2cc(Cl)c(=O)n(C)c2)cc1OCc1cccnc1. The summed E-state index contributed by atoms with van der Waals surface area (Å²) in [6, 6.07) is 9.34. The summed E-state index contributed by atoms with van der Waals surface area (Å²) < 4.78 is 7.54. The van der Waals surface area contributed by atoms with Crippen LogP contribution < -0.4 is 15.6 Å². The second-order valence-electron chi connectivity index (χ2n) is 6.61. The van der Waals surface area contributed by atoms with Crippen LogP contribution in [0.15, 0.2) is 53.7 Å². The molecule has 0 saturated carbocycles. The Morgan fingerprint density at radius 3 is 2.76 bits per heavy atom. The molecule has 0 aliphatic rings. The number of rotatable bonds is 8. The Labute approximate surface area is 174 Å². The van der Waals surface area contributed by atoms with Gasteiger partial charge in [-0.2, -0.15) is 0 Å². The standard InChI is InChI=1S/C22H22ClN3O3/c1-24-21-16(6-4-8-27)9-17(18-10-19(23)22(28)26(2)13-18)11-20(21)29-14-15-5-3-7-25-12-15/h3,5,7-13,24H,4,6,14H2,1-2H3. The molecule has 0 fully saturated rings. The van der Waals surface area contributed by atoms with E-state index < -0.39 is 0 Å². The molecular formula is C22H22ClN3O3. The van der Waals surface area contributed by atoms with Crippen molar-refractivity contribution in [2.75, 3.05) is 12.4 Å². The van der Waals surface area contributed by atoms with Crippen LogP contribution in [-0.4, -0.2) is 22.9 Å². The van der Waals surface area contributed by atoms with Crippen molar-refractivity contribution in [1.82, 2.24) is 9.55 Å². The largest absolute Gasteiger partial charge is 0.487 e. The highest BCUT2D eigenvalue weighted by atomic mass is 35.5. The maximum Gasteiger partial charge on any atom is 0.269 e. The predicted molar refractivity (Wildman–Crippen MR) is 115 cm³/mol. The molecule has 0 amide bonds. The van der Waals surface area contributed by atoms with E-state index in [1.54, 1.807) is 31.7 Å². The normalized spacial score (nSPS) is 10.6. The summed E-state index contributed by atoms with van der Waals surface area (Å²) in [6.45, 7) is 0.354. The molecular weight excluding hydrogens is 390 g/mol. The number of carbonyl (C=O) groups is 1. The first-order valence-electron chi connectivity index (χ1n) is 9.20. The van der Waals surface area contributed by atoms with Crippen molar-refractivity contribution in [2.45, 2.75) is 19.4 Å². The van der Waals surface area contributed by atoms with E-state index in [9.17, 15) is 9.59 Å². The molecule has 0 aliphatic carbocycles. The van der Waals surface area contributed by atoms with Crippen molar-refractivity contribution in [3.05, 3.63) is 75.4 Å². The van der Waals surface area contributed by atoms with Crippen LogP contribution in [-0.2, 0) is 24.9 Å². The number of aromatic nitrogens is 2. The van der Waals surface area contributed by atoms with Crippen LogP contribution in [0.4, 0.5) is 5.69 Å². The molecule has 0 aliphatic heterocycles. The summed E-state index contributed by atoms with van der Waals surface area (Å²) in [5.74, 6) is 0.653. The molecule has 150 valence electrons. The van der Waals surface area contributed by atoms with Crippen LogP contribution in [0.3, 0.4) is 0 Å². The number of halogens is 1. The topological polar surface area (TPSA) is 73.2 Å². The summed E-state index contributed by atoms with van der Waals surface area (Å²) >= 11 is 6.10. The van der Waals surface area contributed by atoms with Gasteiger partial charge in [0.2, 0.25) is 0 Å². The summed E-state index contributed by atoms with van der Waals surface area (Å²) in [6.07, 6.45) is 7.06. The number of carbonyl (C=O) groups excluding carboxylic acids is 1. The van der Waals surface area contributed by atoms with Crippen LogP contribution in [0, 0.1) is 0 Å². The number of pyridine rings is 2. The van der Waals surface area contributed by atoms with Crippen molar-refractivity contribution in [3.8, 4) is 16.9 Å². The van der Waals surface area contributed by atoms with Crippen molar-refractivity contribution < 1.29 is 9.53 Å². The fourth-order valence-corrected chi connectivity index (χ4v) is 3.37. The van der Waals surface area contributed by atoms with E-state index in [4.69, 9.17) is 16.3 Å². The third-order valence-electron chi connectivity index (χ3n) is 4.56. The molecule has 29 heavy (non-hydrogen) atoms. The Morgan fingerprint density at radius 2 is 2.10 bits per heavy atom. The molecule has 1 aromatic carbocycles. The number of nitrogens with zero attached hydrogens (tertiary/aromatic N) is 2. The summed E-state index contributed by atoms with van der Waals surface area (Å²) in [7, 11) is 3.48. The Kier molecular flexibility index (Phi) is 6.67. The average Bonchev–Trinajstić information content (AvgIpc) is 2.74. The van der Waals surface area contributed by atoms with E-state index in [0.717, 1.165) is 34.2 Å². The van der Waals surface area contributed by atoms with E-state index in [0.29, 0.717) is 25.2 Å². The van der Waals surface area contributed by atoms with Gasteiger partial charge in [-0.3, -0.25) is 9.78 Å². The van der Waals surface area contributed by atoms with E-state index >= 15 is 0 Å². The lowest BCUT2D eigenvalue weighted by molar-refractivity contribution is -0.107. The lowest BCUT2D eigenvalue weighted by Gasteiger charge is -2.18. The molecule has 0 atom stereocenters. The average molecular weight is 412 g/mol. The Hall–Kier alpha value is -3.12. The zero-order valence-corrected chi connectivity index (χ0v) is 17.1. The van der Waals surface area contributed by atoms with Crippen molar-refractivity contribution >= 4 is 23.6 Å². The van der Waals surface area contributed by atoms with Crippen LogP contribution >= 0.6 is 11.6 Å². The molecule has 2 aromatic heterocycles. The molecule has 0 radical (unpaired) electrons. The molecule has 3 rings (SSSR count). The van der Waals surface area contributed by atoms with E-state index in [1.165, 1.54) is 4.57 Å². The highest BCUT2D eigenvalue weighted by molar-refractivity contribution is 6.30. The van der Waals surface area contributed by atoms with Crippen LogP contribution in [0.2, 0.25) is 5.02 Å². The number of ether oxygens (including phenoxy) is 1. The minimum atomic E-state index is -0.253. The van der Waals surface area contributed by atoms with Gasteiger partial charge in [-0.05, 0) is 47.4 Å². The van der Waals surface area contributed by atoms with Gasteiger partial charge in [0.15, 0.2) is 0 Å². The number of aldehydes is 1. The van der Waals surface area contributed by atoms with Crippen molar-refractivity contribution in [3.63, 3.8) is 0 Å². The van der Waals surface area contributed by atoms with Gasteiger partial charge in [0.1, 0.15) is 23.7 Å². The highest BCUT2D eigenvalue weighted by Crippen LogP contribution is 2.36. The van der Waals surface area contributed by atoms with Crippen LogP contribution in [0.5, 0.6) is 5.75 Å². The van der Waals surface area contributed by atoms with Gasteiger partial charge in [0.25, 0.3) is 5.56 Å². The van der Waals surface area contributed by atoms with Crippen molar-refractivity contribution in [1.29, 1.82) is 0 Å². The molecule has 0 unspecified atom stereocenters. The van der Waals surface area contributed by atoms with Crippen molar-refractivity contribution in [2.24, 2.45) is 7.05 Å². The summed E-state index contributed by atoms with van der Waals surface area (Å²) in [4.78, 5) is 27.0. The van der Waals surface area contributed by atoms with E-state index in [-0.39, 0.29) is 10.6 Å². The second kappa shape index (κ2) is 9.39. The molecule has 3 aromatic rings. The lowest BCUT2D eigenvalue weighted by atomic mass is 9.99. The van der Waals surface area contributed by atoms with Gasteiger partial charge in [-0.25, -0.2) is 0 Å². The Bertz CT molecular complexity index is 1040. The number of hydrogen-bond acceptors (Lipinski definition) is 5. The molecule has 0 spiro atoms. The zero-order valence-electron chi connectivity index (χ0n) is 16.3. The number of hydrogen-bond donors (Lipinski definition) is 1. The van der Waals surface area contributed by atoms with Crippen LogP contribution in [0.1, 0.15) is 17.5 Å². The lowest BCUT2D eigenvalue weighted by Crippen LogP contribution is -2.16. The van der Waals surface area contributed by atoms with E-state index in [1.807, 2.05) is 31.3 Å². The fraction of sp³-hybridized carbons (Fsp3) is 0.227. The summed E-state index contributed by atoms with van der Waals surface area (Å²) in [5, 5.41) is 3.33. The predicted octanol–water partition coefficient (Wildman–Crippen LogP) is 3.85.